The molecule has 0 radical (unpaired) electrons. The average molecular weight is 193 g/mol. The van der Waals surface area contributed by atoms with Crippen LogP contribution in [0.2, 0.25) is 0 Å². The molecule has 76 valence electrons. The highest BCUT2D eigenvalue weighted by Gasteiger charge is 2.08. The molecule has 0 bridgehead atoms. The number of fused-ring (bicyclic) bond motifs is 1. The molecule has 0 aromatic carbocycles. The maximum atomic E-state index is 5.74. The Morgan fingerprint density at radius 1 is 1.36 bits per heavy atom. The van der Waals surface area contributed by atoms with Crippen LogP contribution in [0.4, 0.5) is 5.82 Å². The van der Waals surface area contributed by atoms with Crippen LogP contribution >= 0.6 is 0 Å². The van der Waals surface area contributed by atoms with Gasteiger partial charge in [0.2, 0.25) is 5.78 Å². The van der Waals surface area contributed by atoms with E-state index in [2.05, 4.69) is 23.8 Å². The predicted molar refractivity (Wildman–Crippen MR) is 56.9 cm³/mol. The quantitative estimate of drug-likeness (QED) is 0.780. The largest absolute Gasteiger partial charge is 0.383 e. The third-order valence-corrected chi connectivity index (χ3v) is 2.40. The molecule has 0 aliphatic carbocycles. The van der Waals surface area contributed by atoms with E-state index in [1.807, 2.05) is 21.5 Å². The van der Waals surface area contributed by atoms with E-state index in [-0.39, 0.29) is 0 Å². The van der Waals surface area contributed by atoms with Crippen molar-refractivity contribution in [1.82, 2.24) is 14.1 Å². The second kappa shape index (κ2) is 3.25. The average Bonchev–Trinajstić information content (AvgIpc) is 2.74. The zero-order valence-corrected chi connectivity index (χ0v) is 8.51. The first kappa shape index (κ1) is 8.93. The Morgan fingerprint density at radius 2 is 2.07 bits per heavy atom. The van der Waals surface area contributed by atoms with Gasteiger partial charge in [0.05, 0.1) is 6.20 Å². The molecule has 5 heteroatoms. The molecule has 2 heterocycles. The van der Waals surface area contributed by atoms with Gasteiger partial charge in [0.1, 0.15) is 5.82 Å². The van der Waals surface area contributed by atoms with E-state index in [1.165, 1.54) is 0 Å². The standard InChI is InChI=1S/C9H15N5/c1-3-12(4-2)14-6-5-13-8(10)7-11-9(13)14/h5-7H,3-4,10H2,1-2H3. The van der Waals surface area contributed by atoms with Crippen LogP contribution in [-0.4, -0.2) is 27.2 Å². The monoisotopic (exact) mass is 193 g/mol. The van der Waals surface area contributed by atoms with Gasteiger partial charge in [-0.3, -0.25) is 4.40 Å². The minimum Gasteiger partial charge on any atom is -0.383 e. The summed E-state index contributed by atoms with van der Waals surface area (Å²) in [6, 6.07) is 0. The third kappa shape index (κ3) is 1.13. The fourth-order valence-electron chi connectivity index (χ4n) is 1.63. The summed E-state index contributed by atoms with van der Waals surface area (Å²) in [7, 11) is 0. The highest BCUT2D eigenvalue weighted by molar-refractivity contribution is 5.44. The van der Waals surface area contributed by atoms with Crippen LogP contribution in [0.3, 0.4) is 0 Å². The highest BCUT2D eigenvalue weighted by Crippen LogP contribution is 2.09. The lowest BCUT2D eigenvalue weighted by atomic mass is 10.6. The van der Waals surface area contributed by atoms with E-state index in [4.69, 9.17) is 5.73 Å². The Bertz CT molecular complexity index is 423. The minimum absolute atomic E-state index is 0.672. The second-order valence-corrected chi connectivity index (χ2v) is 3.13. The summed E-state index contributed by atoms with van der Waals surface area (Å²) < 4.78 is 3.90. The van der Waals surface area contributed by atoms with Gasteiger partial charge in [0.25, 0.3) is 0 Å². The van der Waals surface area contributed by atoms with Crippen molar-refractivity contribution in [2.24, 2.45) is 0 Å². The zero-order valence-electron chi connectivity index (χ0n) is 8.51. The van der Waals surface area contributed by atoms with Gasteiger partial charge in [-0.05, 0) is 13.8 Å². The van der Waals surface area contributed by atoms with Crippen LogP contribution in [0.1, 0.15) is 13.8 Å². The summed E-state index contributed by atoms with van der Waals surface area (Å²) in [5.74, 6) is 1.54. The van der Waals surface area contributed by atoms with Crippen LogP contribution in [-0.2, 0) is 0 Å². The van der Waals surface area contributed by atoms with Crippen LogP contribution in [0, 0.1) is 0 Å². The third-order valence-electron chi connectivity index (χ3n) is 2.40. The van der Waals surface area contributed by atoms with E-state index < -0.39 is 0 Å². The molecule has 0 fully saturated rings. The number of imidazole rings is 2. The molecule has 14 heavy (non-hydrogen) atoms. The number of hydrogen-bond acceptors (Lipinski definition) is 3. The molecule has 2 N–H and O–H groups in total. The number of hydrogen-bond donors (Lipinski definition) is 1. The highest BCUT2D eigenvalue weighted by atomic mass is 15.6. The van der Waals surface area contributed by atoms with Gasteiger partial charge in [0, 0.05) is 25.5 Å². The molecule has 0 saturated heterocycles. The van der Waals surface area contributed by atoms with Crippen LogP contribution in [0.25, 0.3) is 5.78 Å². The van der Waals surface area contributed by atoms with Crippen molar-refractivity contribution in [1.29, 1.82) is 0 Å². The first-order chi connectivity index (χ1) is 6.77. The van der Waals surface area contributed by atoms with Gasteiger partial charge in [0.15, 0.2) is 0 Å². The fraction of sp³-hybridized carbons (Fsp3) is 0.444. The van der Waals surface area contributed by atoms with E-state index in [0.717, 1.165) is 18.9 Å². The molecular formula is C9H15N5. The Hall–Kier alpha value is -1.65. The normalized spacial score (nSPS) is 11.0. The molecule has 0 amide bonds. The Kier molecular flexibility index (Phi) is 2.07. The van der Waals surface area contributed by atoms with E-state index >= 15 is 0 Å². The molecule has 0 unspecified atom stereocenters. The van der Waals surface area contributed by atoms with Gasteiger partial charge in [-0.2, -0.15) is 0 Å². The topological polar surface area (TPSA) is 51.5 Å². The number of nitrogens with zero attached hydrogens (tertiary/aromatic N) is 4. The fourth-order valence-corrected chi connectivity index (χ4v) is 1.63. The SMILES string of the molecule is CCN(CC)n1ccn2c(N)cnc12. The summed E-state index contributed by atoms with van der Waals surface area (Å²) in [5, 5.41) is 2.18. The minimum atomic E-state index is 0.672. The summed E-state index contributed by atoms with van der Waals surface area (Å²) in [6.07, 6.45) is 5.58. The van der Waals surface area contributed by atoms with Crippen molar-refractivity contribution in [2.45, 2.75) is 13.8 Å². The van der Waals surface area contributed by atoms with Crippen molar-refractivity contribution in [2.75, 3.05) is 23.8 Å². The summed E-state index contributed by atoms with van der Waals surface area (Å²) in [4.78, 5) is 4.25. The van der Waals surface area contributed by atoms with Crippen molar-refractivity contribution in [3.8, 4) is 0 Å². The van der Waals surface area contributed by atoms with Crippen LogP contribution in [0.15, 0.2) is 18.6 Å². The van der Waals surface area contributed by atoms with Gasteiger partial charge < -0.3 is 10.7 Å². The summed E-state index contributed by atoms with van der Waals surface area (Å²) >= 11 is 0. The number of aromatic nitrogens is 3. The van der Waals surface area contributed by atoms with Crippen LogP contribution in [0.5, 0.6) is 0 Å². The molecule has 0 saturated carbocycles. The molecular weight excluding hydrogens is 178 g/mol. The van der Waals surface area contributed by atoms with Crippen molar-refractivity contribution in [3.05, 3.63) is 18.6 Å². The number of rotatable bonds is 3. The molecule has 5 nitrogen and oxygen atoms in total. The maximum absolute atomic E-state index is 5.74. The Labute approximate surface area is 82.7 Å². The molecule has 0 aliphatic heterocycles. The van der Waals surface area contributed by atoms with E-state index in [0.29, 0.717) is 5.82 Å². The first-order valence-electron chi connectivity index (χ1n) is 4.83. The molecule has 0 atom stereocenters. The van der Waals surface area contributed by atoms with Crippen molar-refractivity contribution < 1.29 is 0 Å². The Balaban J connectivity index is 2.51. The van der Waals surface area contributed by atoms with E-state index in [1.54, 1.807) is 6.20 Å². The number of nitrogen functional groups attached to an aromatic ring is 1. The number of anilines is 1. The van der Waals surface area contributed by atoms with Gasteiger partial charge in [-0.15, -0.1) is 0 Å². The molecule has 2 rings (SSSR count). The molecule has 2 aromatic rings. The van der Waals surface area contributed by atoms with Crippen molar-refractivity contribution >= 4 is 11.6 Å². The molecule has 0 spiro atoms. The lowest BCUT2D eigenvalue weighted by Gasteiger charge is -2.21. The van der Waals surface area contributed by atoms with Crippen LogP contribution < -0.4 is 10.7 Å². The maximum Gasteiger partial charge on any atom is 0.234 e. The van der Waals surface area contributed by atoms with Gasteiger partial charge in [-0.1, -0.05) is 0 Å². The molecule has 0 aliphatic rings. The van der Waals surface area contributed by atoms with Crippen molar-refractivity contribution in [3.63, 3.8) is 0 Å². The predicted octanol–water partition coefficient (Wildman–Crippen LogP) is 0.696. The lowest BCUT2D eigenvalue weighted by Crippen LogP contribution is -2.33. The lowest BCUT2D eigenvalue weighted by molar-refractivity contribution is 0.632. The van der Waals surface area contributed by atoms with Gasteiger partial charge in [-0.25, -0.2) is 9.66 Å². The smallest absolute Gasteiger partial charge is 0.234 e. The first-order valence-corrected chi connectivity index (χ1v) is 4.83. The van der Waals surface area contributed by atoms with Gasteiger partial charge >= 0.3 is 0 Å². The summed E-state index contributed by atoms with van der Waals surface area (Å²) in [6.45, 7) is 6.14. The Morgan fingerprint density at radius 3 is 2.71 bits per heavy atom. The van der Waals surface area contributed by atoms with E-state index in [9.17, 15) is 0 Å². The number of nitrogens with two attached hydrogens (primary N) is 1. The summed E-state index contributed by atoms with van der Waals surface area (Å²) in [5.41, 5.74) is 5.74. The zero-order chi connectivity index (χ0) is 10.1. The second-order valence-electron chi connectivity index (χ2n) is 3.13. The molecule has 2 aromatic heterocycles.